The van der Waals surface area contributed by atoms with Crippen LogP contribution >= 0.6 is 0 Å². The van der Waals surface area contributed by atoms with E-state index in [9.17, 15) is 15.0 Å². The minimum atomic E-state index is -1.70. The van der Waals surface area contributed by atoms with Crippen LogP contribution in [0, 0.1) is 0 Å². The fraction of sp³-hybridized carbons (Fsp3) is 0.929. The molecule has 0 spiro atoms. The van der Waals surface area contributed by atoms with Gasteiger partial charge in [-0.25, -0.2) is 0 Å². The Labute approximate surface area is 137 Å². The van der Waals surface area contributed by atoms with Crippen molar-refractivity contribution in [2.45, 2.75) is 18.7 Å². The number of nitrogens with one attached hydrogen (secondary N) is 4. The van der Waals surface area contributed by atoms with Gasteiger partial charge in [0, 0.05) is 52.4 Å². The van der Waals surface area contributed by atoms with Crippen LogP contribution in [0.25, 0.3) is 0 Å². The van der Waals surface area contributed by atoms with Gasteiger partial charge in [0.15, 0.2) is 5.72 Å². The zero-order valence-corrected chi connectivity index (χ0v) is 13.8. The summed E-state index contributed by atoms with van der Waals surface area (Å²) in [6, 6.07) is -0.766. The molecule has 0 aromatic rings. The van der Waals surface area contributed by atoms with E-state index in [1.807, 2.05) is 4.90 Å². The molecule has 1 heterocycles. The van der Waals surface area contributed by atoms with Crippen LogP contribution in [-0.2, 0) is 4.79 Å². The van der Waals surface area contributed by atoms with Crippen molar-refractivity contribution in [2.75, 3.05) is 65.6 Å². The van der Waals surface area contributed by atoms with Crippen LogP contribution in [0.5, 0.6) is 0 Å². The first-order chi connectivity index (χ1) is 11.0. The lowest BCUT2D eigenvalue weighted by Gasteiger charge is -2.32. The van der Waals surface area contributed by atoms with Gasteiger partial charge in [-0.2, -0.15) is 0 Å². The third-order valence-electron chi connectivity index (χ3n) is 3.73. The quantitative estimate of drug-likeness (QED) is 0.256. The summed E-state index contributed by atoms with van der Waals surface area (Å²) in [6.45, 7) is 6.39. The maximum absolute atomic E-state index is 12.3. The Balaban J connectivity index is 2.63. The molecule has 0 aromatic heterocycles. The molecule has 23 heavy (non-hydrogen) atoms. The largest absolute Gasteiger partial charge is 0.394 e. The number of aliphatic hydroxyl groups excluding tert-OH is 2. The molecule has 1 rings (SSSR count). The van der Waals surface area contributed by atoms with Crippen LogP contribution in [0.15, 0.2) is 0 Å². The van der Waals surface area contributed by atoms with E-state index in [-0.39, 0.29) is 6.61 Å². The summed E-state index contributed by atoms with van der Waals surface area (Å²) in [7, 11) is 0. The highest BCUT2D eigenvalue weighted by atomic mass is 16.3. The van der Waals surface area contributed by atoms with Crippen molar-refractivity contribution in [2.24, 2.45) is 0 Å². The van der Waals surface area contributed by atoms with Gasteiger partial charge in [-0.3, -0.25) is 9.69 Å². The van der Waals surface area contributed by atoms with E-state index in [0.29, 0.717) is 26.2 Å². The van der Waals surface area contributed by atoms with Crippen LogP contribution in [0.3, 0.4) is 0 Å². The molecule has 1 amide bonds. The molecular weight excluding hydrogens is 302 g/mol. The molecule has 7 N–H and O–H groups in total. The summed E-state index contributed by atoms with van der Waals surface area (Å²) in [5, 5.41) is 40.7. The minimum Gasteiger partial charge on any atom is -0.394 e. The molecule has 1 aliphatic rings. The zero-order valence-electron chi connectivity index (χ0n) is 13.8. The predicted molar refractivity (Wildman–Crippen MR) is 86.9 cm³/mol. The molecule has 1 aliphatic heterocycles. The topological polar surface area (TPSA) is 129 Å². The lowest BCUT2D eigenvalue weighted by Crippen LogP contribution is -2.58. The lowest BCUT2D eigenvalue weighted by atomic mass is 10.2. The Morgan fingerprint density at radius 1 is 1.09 bits per heavy atom. The van der Waals surface area contributed by atoms with Gasteiger partial charge < -0.3 is 36.6 Å². The maximum Gasteiger partial charge on any atom is 0.241 e. The van der Waals surface area contributed by atoms with Gasteiger partial charge in [0.05, 0.1) is 13.2 Å². The van der Waals surface area contributed by atoms with Gasteiger partial charge >= 0.3 is 0 Å². The van der Waals surface area contributed by atoms with Gasteiger partial charge in [-0.1, -0.05) is 0 Å². The Morgan fingerprint density at radius 2 is 1.57 bits per heavy atom. The number of amides is 1. The number of hydrogen-bond acceptors (Lipinski definition) is 8. The van der Waals surface area contributed by atoms with Gasteiger partial charge in [0.2, 0.25) is 5.91 Å². The van der Waals surface area contributed by atoms with Crippen molar-refractivity contribution in [3.8, 4) is 0 Å². The Morgan fingerprint density at radius 3 is 2.00 bits per heavy atom. The molecule has 0 aromatic carbocycles. The van der Waals surface area contributed by atoms with Gasteiger partial charge in [-0.15, -0.1) is 0 Å². The number of rotatable bonds is 5. The van der Waals surface area contributed by atoms with E-state index in [1.165, 1.54) is 6.92 Å². The molecule has 9 nitrogen and oxygen atoms in total. The summed E-state index contributed by atoms with van der Waals surface area (Å²) in [5.41, 5.74) is -1.70. The van der Waals surface area contributed by atoms with Crippen LogP contribution < -0.4 is 21.3 Å². The summed E-state index contributed by atoms with van der Waals surface area (Å²) >= 11 is 0. The Bertz CT molecular complexity index is 331. The minimum absolute atomic E-state index is 0.352. The number of aliphatic hydroxyl groups is 3. The first kappa shape index (κ1) is 20.2. The monoisotopic (exact) mass is 333 g/mol. The second-order valence-electron chi connectivity index (χ2n) is 5.91. The molecule has 0 bridgehead atoms. The molecule has 0 aliphatic carbocycles. The van der Waals surface area contributed by atoms with Crippen molar-refractivity contribution >= 4 is 5.91 Å². The first-order valence-electron chi connectivity index (χ1n) is 8.12. The van der Waals surface area contributed by atoms with E-state index >= 15 is 0 Å². The first-order valence-corrected chi connectivity index (χ1v) is 8.12. The molecule has 136 valence electrons. The number of hydrogen-bond donors (Lipinski definition) is 7. The summed E-state index contributed by atoms with van der Waals surface area (Å²) in [5.74, 6) is -0.500. The predicted octanol–water partition coefficient (Wildman–Crippen LogP) is -3.75. The standard InChI is InChI=1S/C14H31N5O4/c1-14(23,11-21)18-13(22)12(10-20)19-8-6-16-4-2-15-3-5-17-7-9-19/h12,15-17,20-21,23H,2-11H2,1H3,(H,18,22). The van der Waals surface area contributed by atoms with Crippen LogP contribution in [0.1, 0.15) is 6.92 Å². The molecular formula is C14H31N5O4. The van der Waals surface area contributed by atoms with E-state index in [4.69, 9.17) is 5.11 Å². The van der Waals surface area contributed by atoms with E-state index in [2.05, 4.69) is 21.3 Å². The molecule has 0 saturated carbocycles. The third-order valence-corrected chi connectivity index (χ3v) is 3.73. The van der Waals surface area contributed by atoms with E-state index in [0.717, 1.165) is 26.2 Å². The van der Waals surface area contributed by atoms with Crippen molar-refractivity contribution in [1.82, 2.24) is 26.2 Å². The van der Waals surface area contributed by atoms with Gasteiger partial charge in [0.1, 0.15) is 6.04 Å². The smallest absolute Gasteiger partial charge is 0.241 e. The number of carbonyl (C=O) groups excluding carboxylic acids is 1. The second kappa shape index (κ2) is 10.9. The average molecular weight is 333 g/mol. The fourth-order valence-corrected chi connectivity index (χ4v) is 2.35. The zero-order chi connectivity index (χ0) is 17.1. The average Bonchev–Trinajstić information content (AvgIpc) is 2.49. The normalized spacial score (nSPS) is 23.1. The van der Waals surface area contributed by atoms with Crippen LogP contribution in [-0.4, -0.2) is 103 Å². The second-order valence-corrected chi connectivity index (χ2v) is 5.91. The molecule has 2 atom stereocenters. The van der Waals surface area contributed by atoms with Crippen LogP contribution in [0.2, 0.25) is 0 Å². The van der Waals surface area contributed by atoms with Crippen molar-refractivity contribution in [1.29, 1.82) is 0 Å². The third kappa shape index (κ3) is 8.02. The van der Waals surface area contributed by atoms with Gasteiger partial charge in [-0.05, 0) is 6.92 Å². The summed E-state index contributed by atoms with van der Waals surface area (Å²) < 4.78 is 0. The number of nitrogens with zero attached hydrogens (tertiary/aromatic N) is 1. The van der Waals surface area contributed by atoms with Crippen LogP contribution in [0.4, 0.5) is 0 Å². The highest BCUT2D eigenvalue weighted by Gasteiger charge is 2.30. The van der Waals surface area contributed by atoms with E-state index < -0.39 is 24.3 Å². The van der Waals surface area contributed by atoms with Gasteiger partial charge in [0.25, 0.3) is 0 Å². The SMILES string of the molecule is CC(O)(CO)NC(=O)C(CO)N1CCNCCNCCNCC1. The molecule has 9 heteroatoms. The van der Waals surface area contributed by atoms with Crippen molar-refractivity contribution in [3.05, 3.63) is 0 Å². The highest BCUT2D eigenvalue weighted by Crippen LogP contribution is 2.03. The van der Waals surface area contributed by atoms with Crippen molar-refractivity contribution in [3.63, 3.8) is 0 Å². The Hall–Kier alpha value is -0.810. The van der Waals surface area contributed by atoms with Crippen molar-refractivity contribution < 1.29 is 20.1 Å². The maximum atomic E-state index is 12.3. The number of carbonyl (C=O) groups is 1. The molecule has 1 fully saturated rings. The fourth-order valence-electron chi connectivity index (χ4n) is 2.35. The highest BCUT2D eigenvalue weighted by molar-refractivity contribution is 5.82. The summed E-state index contributed by atoms with van der Waals surface area (Å²) in [6.07, 6.45) is 0. The molecule has 0 radical (unpaired) electrons. The Kier molecular flexibility index (Phi) is 9.56. The summed E-state index contributed by atoms with van der Waals surface area (Å²) in [4.78, 5) is 14.2. The molecule has 2 unspecified atom stereocenters. The lowest BCUT2D eigenvalue weighted by molar-refractivity contribution is -0.137. The molecule has 1 saturated heterocycles. The van der Waals surface area contributed by atoms with E-state index in [1.54, 1.807) is 0 Å².